The highest BCUT2D eigenvalue weighted by Crippen LogP contribution is 2.17. The Hall–Kier alpha value is -1.72. The molecule has 0 aliphatic rings. The van der Waals surface area contributed by atoms with Crippen molar-refractivity contribution in [2.24, 2.45) is 0 Å². The van der Waals surface area contributed by atoms with Gasteiger partial charge in [0.2, 0.25) is 0 Å². The molecule has 0 saturated carbocycles. The minimum Gasteiger partial charge on any atom is -0.478 e. The summed E-state index contributed by atoms with van der Waals surface area (Å²) in [5.41, 5.74) is -0.00921. The van der Waals surface area contributed by atoms with Crippen LogP contribution >= 0.6 is 0 Å². The highest BCUT2D eigenvalue weighted by Gasteiger charge is 2.21. The fraction of sp³-hybridized carbons (Fsp3) is 0.300. The average molecular weight is 234 g/mol. The Kier molecular flexibility index (Phi) is 4.16. The first-order valence-corrected chi connectivity index (χ1v) is 4.38. The molecule has 0 bridgehead atoms. The van der Waals surface area contributed by atoms with Crippen LogP contribution in [-0.4, -0.2) is 30.3 Å². The average Bonchev–Trinajstić information content (AvgIpc) is 2.28. The van der Waals surface area contributed by atoms with Gasteiger partial charge < -0.3 is 9.84 Å². The number of carbonyl (C=O) groups is 1. The Bertz CT molecular complexity index is 353. The van der Waals surface area contributed by atoms with Crippen LogP contribution in [0.25, 0.3) is 0 Å². The number of hydrogen-bond donors (Lipinski definition) is 1. The first kappa shape index (κ1) is 12.4. The maximum absolute atomic E-state index is 12.8. The number of aromatic carboxylic acids is 1. The zero-order valence-corrected chi connectivity index (χ0v) is 8.07. The van der Waals surface area contributed by atoms with Gasteiger partial charge in [0.25, 0.3) is 6.36 Å². The second-order valence-corrected chi connectivity index (χ2v) is 2.97. The smallest absolute Gasteiger partial charge is 0.335 e. The lowest BCUT2D eigenvalue weighted by atomic mass is 10.2. The molecule has 0 radical (unpaired) electrons. The SMILES string of the molecule is O=C(O)c1ccc(OC(F)C(F)CF)cc1. The molecule has 0 aliphatic carbocycles. The van der Waals surface area contributed by atoms with Crippen LogP contribution in [0, 0.1) is 0 Å². The molecule has 0 spiro atoms. The van der Waals surface area contributed by atoms with Gasteiger partial charge in [-0.15, -0.1) is 0 Å². The van der Waals surface area contributed by atoms with Crippen molar-refractivity contribution in [1.82, 2.24) is 0 Å². The molecule has 0 aromatic heterocycles. The van der Waals surface area contributed by atoms with Crippen LogP contribution in [0.5, 0.6) is 5.75 Å². The zero-order chi connectivity index (χ0) is 12.1. The molecule has 2 atom stereocenters. The molecular formula is C10H9F3O3. The molecule has 6 heteroatoms. The molecule has 1 rings (SSSR count). The van der Waals surface area contributed by atoms with E-state index in [4.69, 9.17) is 5.11 Å². The fourth-order valence-corrected chi connectivity index (χ4v) is 0.950. The second kappa shape index (κ2) is 5.39. The molecule has 0 heterocycles. The van der Waals surface area contributed by atoms with Gasteiger partial charge >= 0.3 is 5.97 Å². The van der Waals surface area contributed by atoms with Crippen molar-refractivity contribution in [1.29, 1.82) is 0 Å². The van der Waals surface area contributed by atoms with Crippen molar-refractivity contribution in [2.75, 3.05) is 6.67 Å². The summed E-state index contributed by atoms with van der Waals surface area (Å²) in [5, 5.41) is 8.56. The van der Waals surface area contributed by atoms with Crippen LogP contribution in [0.4, 0.5) is 13.2 Å². The quantitative estimate of drug-likeness (QED) is 0.850. The zero-order valence-electron chi connectivity index (χ0n) is 8.07. The summed E-state index contributed by atoms with van der Waals surface area (Å²) < 4.78 is 41.4. The van der Waals surface area contributed by atoms with E-state index in [-0.39, 0.29) is 11.3 Å². The number of rotatable bonds is 5. The van der Waals surface area contributed by atoms with Crippen molar-refractivity contribution in [3.8, 4) is 5.75 Å². The predicted octanol–water partition coefficient (Wildman–Crippen LogP) is 2.37. The van der Waals surface area contributed by atoms with Gasteiger partial charge in [-0.05, 0) is 24.3 Å². The Labute approximate surface area is 89.5 Å². The number of ether oxygens (including phenoxy) is 1. The van der Waals surface area contributed by atoms with Gasteiger partial charge in [-0.25, -0.2) is 13.6 Å². The van der Waals surface area contributed by atoms with Crippen molar-refractivity contribution in [2.45, 2.75) is 12.5 Å². The van der Waals surface area contributed by atoms with Crippen molar-refractivity contribution >= 4 is 5.97 Å². The standard InChI is InChI=1S/C10H9F3O3/c11-5-8(12)9(13)16-7-3-1-6(2-4-7)10(14)15/h1-4,8-9H,5H2,(H,14,15). The van der Waals surface area contributed by atoms with E-state index in [1.807, 2.05) is 0 Å². The number of carboxylic acids is 1. The molecular weight excluding hydrogens is 225 g/mol. The summed E-state index contributed by atoms with van der Waals surface area (Å²) in [5.74, 6) is -1.20. The summed E-state index contributed by atoms with van der Waals surface area (Å²) in [6, 6.07) is 4.68. The fourth-order valence-electron chi connectivity index (χ4n) is 0.950. The van der Waals surface area contributed by atoms with Crippen molar-refractivity contribution in [3.63, 3.8) is 0 Å². The monoisotopic (exact) mass is 234 g/mol. The van der Waals surface area contributed by atoms with Gasteiger partial charge in [-0.1, -0.05) is 0 Å². The van der Waals surface area contributed by atoms with E-state index >= 15 is 0 Å². The van der Waals surface area contributed by atoms with Crippen LogP contribution < -0.4 is 4.74 Å². The van der Waals surface area contributed by atoms with Gasteiger partial charge in [0.15, 0.2) is 6.17 Å². The topological polar surface area (TPSA) is 46.5 Å². The number of benzene rings is 1. The second-order valence-electron chi connectivity index (χ2n) is 2.97. The lowest BCUT2D eigenvalue weighted by molar-refractivity contribution is -0.0148. The summed E-state index contributed by atoms with van der Waals surface area (Å²) >= 11 is 0. The Morgan fingerprint density at radius 1 is 1.31 bits per heavy atom. The lowest BCUT2D eigenvalue weighted by Crippen LogP contribution is -2.25. The molecule has 88 valence electrons. The minimum atomic E-state index is -2.40. The third kappa shape index (κ3) is 3.15. The van der Waals surface area contributed by atoms with E-state index in [2.05, 4.69) is 4.74 Å². The maximum atomic E-state index is 12.8. The number of carboxylic acid groups (broad SMARTS) is 1. The third-order valence-electron chi connectivity index (χ3n) is 1.78. The summed E-state index contributed by atoms with van der Waals surface area (Å²) in [6.07, 6.45) is -4.75. The predicted molar refractivity (Wildman–Crippen MR) is 49.8 cm³/mol. The highest BCUT2D eigenvalue weighted by molar-refractivity contribution is 5.87. The van der Waals surface area contributed by atoms with Gasteiger partial charge in [0.1, 0.15) is 12.4 Å². The molecule has 2 unspecified atom stereocenters. The van der Waals surface area contributed by atoms with Crippen molar-refractivity contribution in [3.05, 3.63) is 29.8 Å². The molecule has 0 amide bonds. The molecule has 0 fully saturated rings. The van der Waals surface area contributed by atoms with E-state index in [1.54, 1.807) is 0 Å². The van der Waals surface area contributed by atoms with E-state index < -0.39 is 25.2 Å². The first-order chi connectivity index (χ1) is 7.54. The summed E-state index contributed by atoms with van der Waals surface area (Å²) in [7, 11) is 0. The van der Waals surface area contributed by atoms with Crippen LogP contribution in [0.2, 0.25) is 0 Å². The van der Waals surface area contributed by atoms with Gasteiger partial charge in [-0.3, -0.25) is 0 Å². The van der Waals surface area contributed by atoms with Gasteiger partial charge in [-0.2, -0.15) is 4.39 Å². The Morgan fingerprint density at radius 3 is 2.31 bits per heavy atom. The van der Waals surface area contributed by atoms with Crippen LogP contribution in [0.3, 0.4) is 0 Å². The van der Waals surface area contributed by atoms with Crippen LogP contribution in [0.1, 0.15) is 10.4 Å². The number of alkyl halides is 3. The molecule has 3 nitrogen and oxygen atoms in total. The molecule has 16 heavy (non-hydrogen) atoms. The number of hydrogen-bond acceptors (Lipinski definition) is 2. The van der Waals surface area contributed by atoms with E-state index in [1.165, 1.54) is 24.3 Å². The molecule has 0 saturated heterocycles. The molecule has 1 aromatic carbocycles. The van der Waals surface area contributed by atoms with E-state index in [0.29, 0.717) is 0 Å². The summed E-state index contributed by atoms with van der Waals surface area (Å²) in [4.78, 5) is 10.5. The maximum Gasteiger partial charge on any atom is 0.335 e. The Morgan fingerprint density at radius 2 is 1.88 bits per heavy atom. The highest BCUT2D eigenvalue weighted by atomic mass is 19.2. The molecule has 1 aromatic rings. The van der Waals surface area contributed by atoms with Crippen LogP contribution in [0.15, 0.2) is 24.3 Å². The van der Waals surface area contributed by atoms with Gasteiger partial charge in [0.05, 0.1) is 5.56 Å². The first-order valence-electron chi connectivity index (χ1n) is 4.38. The van der Waals surface area contributed by atoms with E-state index in [0.717, 1.165) is 0 Å². The normalized spacial score (nSPS) is 14.2. The van der Waals surface area contributed by atoms with Gasteiger partial charge in [0, 0.05) is 0 Å². The largest absolute Gasteiger partial charge is 0.478 e. The third-order valence-corrected chi connectivity index (χ3v) is 1.78. The van der Waals surface area contributed by atoms with E-state index in [9.17, 15) is 18.0 Å². The molecule has 0 aliphatic heterocycles. The molecule has 1 N–H and O–H groups in total. The summed E-state index contributed by atoms with van der Waals surface area (Å²) in [6.45, 7) is -1.48. The number of halogens is 3. The lowest BCUT2D eigenvalue weighted by Gasteiger charge is -2.12. The minimum absolute atomic E-state index is 0.00921. The van der Waals surface area contributed by atoms with Crippen LogP contribution in [-0.2, 0) is 0 Å². The van der Waals surface area contributed by atoms with Crippen molar-refractivity contribution < 1.29 is 27.8 Å². The Balaban J connectivity index is 2.65.